The Balaban J connectivity index is 1.87. The molecule has 0 radical (unpaired) electrons. The van der Waals surface area contributed by atoms with Crippen LogP contribution in [-0.2, 0) is 0 Å². The number of carbonyl (C=O) groups is 2. The average molecular weight is 373 g/mol. The topological polar surface area (TPSA) is 75.6 Å². The van der Waals surface area contributed by atoms with Crippen molar-refractivity contribution in [3.05, 3.63) is 95.1 Å². The zero-order valence-electron chi connectivity index (χ0n) is 15.3. The van der Waals surface area contributed by atoms with Gasteiger partial charge in [-0.25, -0.2) is 4.79 Å². The van der Waals surface area contributed by atoms with Gasteiger partial charge in [0, 0.05) is 5.56 Å². The Labute approximate surface area is 162 Å². The fourth-order valence-electron chi connectivity index (χ4n) is 2.68. The Morgan fingerprint density at radius 3 is 2.29 bits per heavy atom. The molecule has 3 rings (SSSR count). The zero-order valence-corrected chi connectivity index (χ0v) is 15.3. The lowest BCUT2D eigenvalue weighted by molar-refractivity contribution is 0.0698. The molecule has 0 aromatic heterocycles. The molecular weight excluding hydrogens is 354 g/mol. The number of hydrogen-bond donors (Lipinski definition) is 2. The molecule has 1 amide bonds. The van der Waals surface area contributed by atoms with Crippen LogP contribution < -0.4 is 10.1 Å². The van der Waals surface area contributed by atoms with Gasteiger partial charge in [0.05, 0.1) is 18.4 Å². The molecule has 0 spiro atoms. The lowest BCUT2D eigenvalue weighted by Crippen LogP contribution is -2.14. The van der Waals surface area contributed by atoms with Crippen LogP contribution in [0.4, 0.5) is 5.69 Å². The number of amides is 1. The first-order valence-electron chi connectivity index (χ1n) is 8.62. The number of anilines is 1. The summed E-state index contributed by atoms with van der Waals surface area (Å²) in [7, 11) is 1.61. The van der Waals surface area contributed by atoms with Crippen LogP contribution in [0.2, 0.25) is 0 Å². The van der Waals surface area contributed by atoms with Gasteiger partial charge in [0.1, 0.15) is 5.75 Å². The van der Waals surface area contributed by atoms with E-state index in [0.717, 1.165) is 16.9 Å². The molecule has 28 heavy (non-hydrogen) atoms. The average Bonchev–Trinajstić information content (AvgIpc) is 2.73. The summed E-state index contributed by atoms with van der Waals surface area (Å²) < 4.78 is 5.21. The van der Waals surface area contributed by atoms with Crippen molar-refractivity contribution in [3.63, 3.8) is 0 Å². The van der Waals surface area contributed by atoms with Crippen molar-refractivity contribution < 1.29 is 19.4 Å². The highest BCUT2D eigenvalue weighted by Crippen LogP contribution is 2.21. The molecule has 0 aliphatic heterocycles. The number of carboxylic acid groups (broad SMARTS) is 1. The molecule has 0 unspecified atom stereocenters. The molecule has 0 aliphatic carbocycles. The van der Waals surface area contributed by atoms with E-state index in [1.54, 1.807) is 43.5 Å². The van der Waals surface area contributed by atoms with Crippen LogP contribution in [0, 0.1) is 0 Å². The molecular formula is C23H19NO4. The molecule has 5 heteroatoms. The van der Waals surface area contributed by atoms with E-state index in [4.69, 9.17) is 4.74 Å². The van der Waals surface area contributed by atoms with Gasteiger partial charge in [0.2, 0.25) is 0 Å². The van der Waals surface area contributed by atoms with E-state index in [1.807, 2.05) is 42.5 Å². The van der Waals surface area contributed by atoms with Gasteiger partial charge in [-0.2, -0.15) is 0 Å². The normalized spacial score (nSPS) is 10.6. The maximum atomic E-state index is 12.4. The SMILES string of the molecule is COc1cccc(/C=C/c2ccc(C(=O)O)c(NC(=O)c3ccccc3)c2)c1. The third-order valence-electron chi connectivity index (χ3n) is 4.12. The largest absolute Gasteiger partial charge is 0.497 e. The molecule has 140 valence electrons. The van der Waals surface area contributed by atoms with Gasteiger partial charge in [-0.3, -0.25) is 4.79 Å². The van der Waals surface area contributed by atoms with Crippen LogP contribution in [0.15, 0.2) is 72.8 Å². The first-order chi connectivity index (χ1) is 13.6. The van der Waals surface area contributed by atoms with E-state index in [0.29, 0.717) is 5.56 Å². The van der Waals surface area contributed by atoms with E-state index in [9.17, 15) is 14.7 Å². The van der Waals surface area contributed by atoms with Crippen molar-refractivity contribution in [1.82, 2.24) is 0 Å². The van der Waals surface area contributed by atoms with Gasteiger partial charge in [-0.05, 0) is 47.5 Å². The summed E-state index contributed by atoms with van der Waals surface area (Å²) in [5.74, 6) is -0.720. The Hall–Kier alpha value is -3.86. The maximum absolute atomic E-state index is 12.4. The van der Waals surface area contributed by atoms with Crippen LogP contribution >= 0.6 is 0 Å². The number of carboxylic acids is 1. The third kappa shape index (κ3) is 4.65. The minimum Gasteiger partial charge on any atom is -0.497 e. The third-order valence-corrected chi connectivity index (χ3v) is 4.12. The van der Waals surface area contributed by atoms with Crippen molar-refractivity contribution in [1.29, 1.82) is 0 Å². The summed E-state index contributed by atoms with van der Waals surface area (Å²) >= 11 is 0. The second-order valence-electron chi connectivity index (χ2n) is 6.04. The van der Waals surface area contributed by atoms with Crippen molar-refractivity contribution in [2.75, 3.05) is 12.4 Å². The molecule has 0 saturated carbocycles. The minimum atomic E-state index is -1.10. The first kappa shape index (κ1) is 18.9. The number of ether oxygens (including phenoxy) is 1. The Kier molecular flexibility index (Phi) is 5.87. The van der Waals surface area contributed by atoms with Crippen LogP contribution in [0.25, 0.3) is 12.2 Å². The Morgan fingerprint density at radius 2 is 1.61 bits per heavy atom. The van der Waals surface area contributed by atoms with Gasteiger partial charge in [-0.1, -0.05) is 48.6 Å². The number of aromatic carboxylic acids is 1. The van der Waals surface area contributed by atoms with Crippen molar-refractivity contribution in [2.45, 2.75) is 0 Å². The molecule has 0 atom stereocenters. The minimum absolute atomic E-state index is 0.0304. The van der Waals surface area contributed by atoms with Crippen LogP contribution in [0.5, 0.6) is 5.75 Å². The highest BCUT2D eigenvalue weighted by atomic mass is 16.5. The van der Waals surface area contributed by atoms with Crippen molar-refractivity contribution >= 4 is 29.7 Å². The quantitative estimate of drug-likeness (QED) is 0.608. The molecule has 3 aromatic rings. The van der Waals surface area contributed by atoms with E-state index in [2.05, 4.69) is 5.32 Å². The van der Waals surface area contributed by atoms with Gasteiger partial charge >= 0.3 is 5.97 Å². The van der Waals surface area contributed by atoms with Crippen LogP contribution in [-0.4, -0.2) is 24.1 Å². The van der Waals surface area contributed by atoms with Gasteiger partial charge in [0.25, 0.3) is 5.91 Å². The van der Waals surface area contributed by atoms with Crippen LogP contribution in [0.3, 0.4) is 0 Å². The summed E-state index contributed by atoms with van der Waals surface area (Å²) in [6.45, 7) is 0. The molecule has 0 bridgehead atoms. The Morgan fingerprint density at radius 1 is 0.893 bits per heavy atom. The predicted molar refractivity (Wildman–Crippen MR) is 110 cm³/mol. The maximum Gasteiger partial charge on any atom is 0.337 e. The Bertz CT molecular complexity index is 1030. The molecule has 5 nitrogen and oxygen atoms in total. The highest BCUT2D eigenvalue weighted by Gasteiger charge is 2.14. The van der Waals surface area contributed by atoms with E-state index >= 15 is 0 Å². The summed E-state index contributed by atoms with van der Waals surface area (Å²) in [5, 5.41) is 12.1. The molecule has 3 aromatic carbocycles. The molecule has 0 saturated heterocycles. The summed E-state index contributed by atoms with van der Waals surface area (Å²) in [5.41, 5.74) is 2.43. The van der Waals surface area contributed by atoms with Gasteiger partial charge < -0.3 is 15.2 Å². The summed E-state index contributed by atoms with van der Waals surface area (Å²) in [4.78, 5) is 23.9. The first-order valence-corrected chi connectivity index (χ1v) is 8.62. The standard InChI is InChI=1S/C23H19NO4/c1-28-19-9-5-6-16(14-19)10-11-17-12-13-20(23(26)27)21(15-17)24-22(25)18-7-3-2-4-8-18/h2-15H,1H3,(H,24,25)(H,26,27)/b11-10+. The number of nitrogens with one attached hydrogen (secondary N) is 1. The highest BCUT2D eigenvalue weighted by molar-refractivity contribution is 6.08. The lowest BCUT2D eigenvalue weighted by Gasteiger charge is -2.10. The van der Waals surface area contributed by atoms with Gasteiger partial charge in [-0.15, -0.1) is 0 Å². The fourth-order valence-corrected chi connectivity index (χ4v) is 2.68. The number of hydrogen-bond acceptors (Lipinski definition) is 3. The smallest absolute Gasteiger partial charge is 0.337 e. The fraction of sp³-hybridized carbons (Fsp3) is 0.0435. The van der Waals surface area contributed by atoms with E-state index in [1.165, 1.54) is 6.07 Å². The number of rotatable bonds is 6. The number of benzene rings is 3. The van der Waals surface area contributed by atoms with Crippen molar-refractivity contribution in [2.24, 2.45) is 0 Å². The summed E-state index contributed by atoms with van der Waals surface area (Å²) in [6.07, 6.45) is 3.74. The molecule has 0 aliphatic rings. The van der Waals surface area contributed by atoms with Crippen molar-refractivity contribution in [3.8, 4) is 5.75 Å². The predicted octanol–water partition coefficient (Wildman–Crippen LogP) is 4.82. The van der Waals surface area contributed by atoms with E-state index in [-0.39, 0.29) is 17.2 Å². The van der Waals surface area contributed by atoms with Crippen LogP contribution in [0.1, 0.15) is 31.8 Å². The molecule has 0 heterocycles. The second-order valence-corrected chi connectivity index (χ2v) is 6.04. The lowest BCUT2D eigenvalue weighted by atomic mass is 10.1. The summed E-state index contributed by atoms with van der Waals surface area (Å²) in [6, 6.07) is 21.0. The monoisotopic (exact) mass is 373 g/mol. The molecule has 0 fully saturated rings. The van der Waals surface area contributed by atoms with Gasteiger partial charge in [0.15, 0.2) is 0 Å². The van der Waals surface area contributed by atoms with E-state index < -0.39 is 5.97 Å². The molecule has 2 N–H and O–H groups in total. The number of carbonyl (C=O) groups excluding carboxylic acids is 1. The zero-order chi connectivity index (χ0) is 19.9. The number of methoxy groups -OCH3 is 1. The second kappa shape index (κ2) is 8.68.